The third-order valence-electron chi connectivity index (χ3n) is 3.14. The number of hydrogen-bond acceptors (Lipinski definition) is 5. The number of anilines is 1. The molecule has 1 amide bonds. The van der Waals surface area contributed by atoms with Gasteiger partial charge in [0, 0.05) is 32.2 Å². The van der Waals surface area contributed by atoms with E-state index in [0.29, 0.717) is 30.1 Å². The van der Waals surface area contributed by atoms with Crippen LogP contribution < -0.4 is 10.6 Å². The molecule has 6 nitrogen and oxygen atoms in total. The summed E-state index contributed by atoms with van der Waals surface area (Å²) >= 11 is 0. The highest BCUT2D eigenvalue weighted by Gasteiger charge is 2.14. The zero-order chi connectivity index (χ0) is 15.1. The maximum absolute atomic E-state index is 11.9. The monoisotopic (exact) mass is 279 g/mol. The standard InChI is InChI=1S/C14H25N5O/c1-10(2)19(11(3)4)9-8-16-14(20)12-6-7-13(15-5)18-17-12/h6-7,10-11H,8-9H2,1-5H3,(H,15,18)(H,16,20). The molecule has 112 valence electrons. The Morgan fingerprint density at radius 3 is 2.30 bits per heavy atom. The van der Waals surface area contributed by atoms with Crippen LogP contribution in [-0.2, 0) is 0 Å². The lowest BCUT2D eigenvalue weighted by Gasteiger charge is -2.30. The molecule has 0 aromatic carbocycles. The van der Waals surface area contributed by atoms with Crippen LogP contribution in [0.5, 0.6) is 0 Å². The molecule has 6 heteroatoms. The van der Waals surface area contributed by atoms with Crippen LogP contribution >= 0.6 is 0 Å². The summed E-state index contributed by atoms with van der Waals surface area (Å²) in [4.78, 5) is 14.2. The molecule has 0 saturated carbocycles. The predicted molar refractivity (Wildman–Crippen MR) is 80.9 cm³/mol. The van der Waals surface area contributed by atoms with Crippen LogP contribution in [-0.4, -0.2) is 53.2 Å². The molecule has 1 rings (SSSR count). The number of nitrogens with zero attached hydrogens (tertiary/aromatic N) is 3. The van der Waals surface area contributed by atoms with Crippen molar-refractivity contribution in [3.63, 3.8) is 0 Å². The minimum Gasteiger partial charge on any atom is -0.372 e. The predicted octanol–water partition coefficient (Wildman–Crippen LogP) is 1.37. The number of nitrogens with one attached hydrogen (secondary N) is 2. The molecule has 0 unspecified atom stereocenters. The first kappa shape index (κ1) is 16.4. The zero-order valence-electron chi connectivity index (χ0n) is 13.0. The van der Waals surface area contributed by atoms with E-state index in [-0.39, 0.29) is 5.91 Å². The summed E-state index contributed by atoms with van der Waals surface area (Å²) in [5.41, 5.74) is 0.338. The van der Waals surface area contributed by atoms with Crippen LogP contribution in [0.1, 0.15) is 38.2 Å². The van der Waals surface area contributed by atoms with Gasteiger partial charge in [0.1, 0.15) is 5.82 Å². The number of rotatable bonds is 7. The van der Waals surface area contributed by atoms with Crippen molar-refractivity contribution in [3.8, 4) is 0 Å². The van der Waals surface area contributed by atoms with Gasteiger partial charge in [-0.05, 0) is 39.8 Å². The summed E-state index contributed by atoms with van der Waals surface area (Å²) in [7, 11) is 1.76. The van der Waals surface area contributed by atoms with E-state index in [2.05, 4.69) is 53.4 Å². The number of carbonyl (C=O) groups excluding carboxylic acids is 1. The van der Waals surface area contributed by atoms with Crippen molar-refractivity contribution in [3.05, 3.63) is 17.8 Å². The molecule has 2 N–H and O–H groups in total. The average Bonchev–Trinajstić information content (AvgIpc) is 2.42. The zero-order valence-corrected chi connectivity index (χ0v) is 13.0. The fraction of sp³-hybridized carbons (Fsp3) is 0.643. The second-order valence-corrected chi connectivity index (χ2v) is 5.24. The Balaban J connectivity index is 2.46. The highest BCUT2D eigenvalue weighted by Crippen LogP contribution is 2.04. The largest absolute Gasteiger partial charge is 0.372 e. The molecule has 0 radical (unpaired) electrons. The van der Waals surface area contributed by atoms with Gasteiger partial charge in [-0.2, -0.15) is 0 Å². The summed E-state index contributed by atoms with van der Waals surface area (Å²) in [6, 6.07) is 4.32. The molecule has 1 aromatic rings. The number of hydrogen-bond donors (Lipinski definition) is 2. The van der Waals surface area contributed by atoms with Crippen molar-refractivity contribution in [2.24, 2.45) is 0 Å². The van der Waals surface area contributed by atoms with Gasteiger partial charge in [0.25, 0.3) is 5.91 Å². The molecule has 0 spiro atoms. The summed E-state index contributed by atoms with van der Waals surface area (Å²) in [6.07, 6.45) is 0. The number of amides is 1. The van der Waals surface area contributed by atoms with Gasteiger partial charge in [0.05, 0.1) is 0 Å². The molecule has 1 aromatic heterocycles. The van der Waals surface area contributed by atoms with Crippen LogP contribution in [0.3, 0.4) is 0 Å². The fourth-order valence-corrected chi connectivity index (χ4v) is 2.09. The van der Waals surface area contributed by atoms with Crippen LogP contribution in [0.25, 0.3) is 0 Å². The van der Waals surface area contributed by atoms with Gasteiger partial charge < -0.3 is 10.6 Å². The molecular weight excluding hydrogens is 254 g/mol. The third kappa shape index (κ3) is 4.77. The first-order chi connectivity index (χ1) is 9.45. The Hall–Kier alpha value is -1.69. The number of aromatic nitrogens is 2. The normalized spacial score (nSPS) is 11.2. The van der Waals surface area contributed by atoms with Crippen molar-refractivity contribution in [1.82, 2.24) is 20.4 Å². The molecule has 20 heavy (non-hydrogen) atoms. The molecule has 0 aliphatic heterocycles. The fourth-order valence-electron chi connectivity index (χ4n) is 2.09. The summed E-state index contributed by atoms with van der Waals surface area (Å²) in [5.74, 6) is 0.458. The van der Waals surface area contributed by atoms with E-state index < -0.39 is 0 Å². The van der Waals surface area contributed by atoms with E-state index in [1.807, 2.05) is 0 Å². The van der Waals surface area contributed by atoms with Crippen LogP contribution in [0.4, 0.5) is 5.82 Å². The van der Waals surface area contributed by atoms with Crippen LogP contribution in [0.15, 0.2) is 12.1 Å². The quantitative estimate of drug-likeness (QED) is 0.789. The molecule has 0 aliphatic rings. The molecule has 1 heterocycles. The summed E-state index contributed by atoms with van der Waals surface area (Å²) in [6.45, 7) is 10.1. The molecule has 0 saturated heterocycles. The van der Waals surface area contributed by atoms with E-state index >= 15 is 0 Å². The van der Waals surface area contributed by atoms with Gasteiger partial charge in [-0.25, -0.2) is 0 Å². The van der Waals surface area contributed by atoms with Crippen molar-refractivity contribution in [2.45, 2.75) is 39.8 Å². The van der Waals surface area contributed by atoms with E-state index in [4.69, 9.17) is 0 Å². The summed E-state index contributed by atoms with van der Waals surface area (Å²) in [5, 5.41) is 13.5. The Bertz CT molecular complexity index is 408. The van der Waals surface area contributed by atoms with Gasteiger partial charge >= 0.3 is 0 Å². The topological polar surface area (TPSA) is 70.2 Å². The van der Waals surface area contributed by atoms with E-state index in [9.17, 15) is 4.79 Å². The maximum Gasteiger partial charge on any atom is 0.271 e. The number of carbonyl (C=O) groups is 1. The SMILES string of the molecule is CNc1ccc(C(=O)NCCN(C(C)C)C(C)C)nn1. The molecule has 0 bridgehead atoms. The first-order valence-corrected chi connectivity index (χ1v) is 7.01. The lowest BCUT2D eigenvalue weighted by Crippen LogP contribution is -2.42. The van der Waals surface area contributed by atoms with Crippen molar-refractivity contribution in [2.75, 3.05) is 25.5 Å². The highest BCUT2D eigenvalue weighted by atomic mass is 16.1. The van der Waals surface area contributed by atoms with Gasteiger partial charge in [0.2, 0.25) is 0 Å². The second-order valence-electron chi connectivity index (χ2n) is 5.24. The first-order valence-electron chi connectivity index (χ1n) is 7.01. The van der Waals surface area contributed by atoms with E-state index in [1.165, 1.54) is 0 Å². The van der Waals surface area contributed by atoms with Crippen molar-refractivity contribution in [1.29, 1.82) is 0 Å². The molecule has 0 fully saturated rings. The van der Waals surface area contributed by atoms with E-state index in [0.717, 1.165) is 6.54 Å². The minimum absolute atomic E-state index is 0.187. The lowest BCUT2D eigenvalue weighted by atomic mass is 10.2. The Kier molecular flexibility index (Phi) is 6.38. The smallest absolute Gasteiger partial charge is 0.271 e. The van der Waals surface area contributed by atoms with Crippen LogP contribution in [0, 0.1) is 0 Å². The summed E-state index contributed by atoms with van der Waals surface area (Å²) < 4.78 is 0. The second kappa shape index (κ2) is 7.79. The van der Waals surface area contributed by atoms with Gasteiger partial charge in [-0.3, -0.25) is 9.69 Å². The van der Waals surface area contributed by atoms with Gasteiger partial charge in [-0.15, -0.1) is 10.2 Å². The van der Waals surface area contributed by atoms with Crippen molar-refractivity contribution >= 4 is 11.7 Å². The Labute approximate surface area is 121 Å². The molecule has 0 aliphatic carbocycles. The Morgan fingerprint density at radius 1 is 1.20 bits per heavy atom. The van der Waals surface area contributed by atoms with Gasteiger partial charge in [0.15, 0.2) is 5.69 Å². The third-order valence-corrected chi connectivity index (χ3v) is 3.14. The van der Waals surface area contributed by atoms with Crippen molar-refractivity contribution < 1.29 is 4.79 Å². The lowest BCUT2D eigenvalue weighted by molar-refractivity contribution is 0.0933. The minimum atomic E-state index is -0.187. The van der Waals surface area contributed by atoms with Crippen LogP contribution in [0.2, 0.25) is 0 Å². The molecular formula is C14H25N5O. The molecule has 0 atom stereocenters. The average molecular weight is 279 g/mol. The van der Waals surface area contributed by atoms with E-state index in [1.54, 1.807) is 19.2 Å². The maximum atomic E-state index is 11.9. The highest BCUT2D eigenvalue weighted by molar-refractivity contribution is 5.92. The Morgan fingerprint density at radius 2 is 1.85 bits per heavy atom. The van der Waals surface area contributed by atoms with Gasteiger partial charge in [-0.1, -0.05) is 0 Å².